The van der Waals surface area contributed by atoms with Crippen LogP contribution in [0.4, 0.5) is 0 Å². The van der Waals surface area contributed by atoms with Crippen molar-refractivity contribution in [1.82, 2.24) is 0 Å². The number of aromatic carboxylic acids is 1. The van der Waals surface area contributed by atoms with Gasteiger partial charge in [-0.1, -0.05) is 11.6 Å². The molecule has 2 N–H and O–H groups in total. The van der Waals surface area contributed by atoms with E-state index in [9.17, 15) is 13.2 Å². The third-order valence-corrected chi connectivity index (χ3v) is 4.20. The van der Waals surface area contributed by atoms with E-state index in [-0.39, 0.29) is 15.5 Å². The SMILES string of the molecule is C[C@@H](O)CS(=O)(=O)c1ccc(C(=O)O)c(Cl)c1. The normalized spacial score (nSPS) is 13.4. The topological polar surface area (TPSA) is 91.7 Å². The number of carbonyl (C=O) groups is 1. The monoisotopic (exact) mass is 278 g/mol. The first kappa shape index (κ1) is 14.0. The van der Waals surface area contributed by atoms with Crippen molar-refractivity contribution in [2.24, 2.45) is 0 Å². The average molecular weight is 279 g/mol. The number of hydrogen-bond acceptors (Lipinski definition) is 4. The summed E-state index contributed by atoms with van der Waals surface area (Å²) in [5.74, 6) is -1.66. The maximum atomic E-state index is 11.7. The van der Waals surface area contributed by atoms with Gasteiger partial charge in [0.25, 0.3) is 0 Å². The van der Waals surface area contributed by atoms with Gasteiger partial charge in [0.2, 0.25) is 0 Å². The molecule has 0 radical (unpaired) electrons. The van der Waals surface area contributed by atoms with Crippen LogP contribution in [0.25, 0.3) is 0 Å². The fourth-order valence-corrected chi connectivity index (χ4v) is 3.00. The second kappa shape index (κ2) is 5.03. The van der Waals surface area contributed by atoms with Crippen molar-refractivity contribution in [3.8, 4) is 0 Å². The molecular formula is C10H11ClO5S. The Bertz CT molecular complexity index is 536. The molecule has 0 heterocycles. The highest BCUT2D eigenvalue weighted by Crippen LogP contribution is 2.22. The van der Waals surface area contributed by atoms with Crippen molar-refractivity contribution in [3.63, 3.8) is 0 Å². The van der Waals surface area contributed by atoms with Gasteiger partial charge >= 0.3 is 5.97 Å². The van der Waals surface area contributed by atoms with Gasteiger partial charge in [0.1, 0.15) is 0 Å². The summed E-state index contributed by atoms with van der Waals surface area (Å²) >= 11 is 5.66. The summed E-state index contributed by atoms with van der Waals surface area (Å²) in [6, 6.07) is 3.36. The Labute approximate surface area is 104 Å². The van der Waals surface area contributed by atoms with Crippen molar-refractivity contribution in [1.29, 1.82) is 0 Å². The summed E-state index contributed by atoms with van der Waals surface area (Å²) in [4.78, 5) is 10.6. The van der Waals surface area contributed by atoms with Gasteiger partial charge in [-0.05, 0) is 25.1 Å². The molecular weight excluding hydrogens is 268 g/mol. The van der Waals surface area contributed by atoms with E-state index in [1.807, 2.05) is 0 Å². The molecule has 0 fully saturated rings. The van der Waals surface area contributed by atoms with E-state index in [0.29, 0.717) is 0 Å². The molecule has 94 valence electrons. The van der Waals surface area contributed by atoms with E-state index in [1.165, 1.54) is 6.92 Å². The van der Waals surface area contributed by atoms with Crippen LogP contribution in [-0.4, -0.2) is 36.5 Å². The maximum absolute atomic E-state index is 11.7. The van der Waals surface area contributed by atoms with Crippen LogP contribution in [0.1, 0.15) is 17.3 Å². The quantitative estimate of drug-likeness (QED) is 0.863. The Kier molecular flexibility index (Phi) is 4.13. The van der Waals surface area contributed by atoms with E-state index in [0.717, 1.165) is 18.2 Å². The number of halogens is 1. The second-order valence-corrected chi connectivity index (χ2v) is 6.02. The summed E-state index contributed by atoms with van der Waals surface area (Å²) < 4.78 is 23.4. The Morgan fingerprint density at radius 2 is 2.06 bits per heavy atom. The van der Waals surface area contributed by atoms with Crippen molar-refractivity contribution in [3.05, 3.63) is 28.8 Å². The van der Waals surface area contributed by atoms with Crippen LogP contribution < -0.4 is 0 Å². The fourth-order valence-electron chi connectivity index (χ4n) is 1.28. The maximum Gasteiger partial charge on any atom is 0.337 e. The van der Waals surface area contributed by atoms with Crippen LogP contribution in [-0.2, 0) is 9.84 Å². The van der Waals surface area contributed by atoms with E-state index in [1.54, 1.807) is 0 Å². The van der Waals surface area contributed by atoms with Crippen LogP contribution in [0.15, 0.2) is 23.1 Å². The fraction of sp³-hybridized carbons (Fsp3) is 0.300. The van der Waals surface area contributed by atoms with E-state index in [4.69, 9.17) is 21.8 Å². The van der Waals surface area contributed by atoms with Gasteiger partial charge in [-0.15, -0.1) is 0 Å². The van der Waals surface area contributed by atoms with E-state index < -0.39 is 27.7 Å². The first-order chi connectivity index (χ1) is 7.74. The van der Waals surface area contributed by atoms with Gasteiger partial charge in [0, 0.05) is 0 Å². The Morgan fingerprint density at radius 1 is 1.47 bits per heavy atom. The molecule has 1 aromatic carbocycles. The average Bonchev–Trinajstić information content (AvgIpc) is 2.14. The van der Waals surface area contributed by atoms with Gasteiger partial charge in [-0.3, -0.25) is 0 Å². The summed E-state index contributed by atoms with van der Waals surface area (Å²) in [5, 5.41) is 17.6. The molecule has 0 saturated carbocycles. The Morgan fingerprint density at radius 3 is 2.47 bits per heavy atom. The number of carboxylic acids is 1. The van der Waals surface area contributed by atoms with Gasteiger partial charge in [-0.25, -0.2) is 13.2 Å². The molecule has 7 heteroatoms. The molecule has 1 aromatic rings. The number of aliphatic hydroxyl groups excluding tert-OH is 1. The first-order valence-corrected chi connectivity index (χ1v) is 6.70. The van der Waals surface area contributed by atoms with E-state index in [2.05, 4.69) is 0 Å². The lowest BCUT2D eigenvalue weighted by Gasteiger charge is -2.07. The van der Waals surface area contributed by atoms with Gasteiger partial charge in [0.05, 0.1) is 27.3 Å². The lowest BCUT2D eigenvalue weighted by molar-refractivity contribution is 0.0697. The lowest BCUT2D eigenvalue weighted by atomic mass is 10.2. The van der Waals surface area contributed by atoms with Gasteiger partial charge < -0.3 is 10.2 Å². The molecule has 0 spiro atoms. The van der Waals surface area contributed by atoms with Crippen molar-refractivity contribution in [2.75, 3.05) is 5.75 Å². The highest BCUT2D eigenvalue weighted by atomic mass is 35.5. The van der Waals surface area contributed by atoms with Crippen LogP contribution in [0.5, 0.6) is 0 Å². The van der Waals surface area contributed by atoms with Crippen molar-refractivity contribution < 1.29 is 23.4 Å². The highest BCUT2D eigenvalue weighted by molar-refractivity contribution is 7.91. The molecule has 0 aliphatic rings. The molecule has 0 unspecified atom stereocenters. The van der Waals surface area contributed by atoms with Crippen LogP contribution in [0.2, 0.25) is 5.02 Å². The van der Waals surface area contributed by atoms with Crippen LogP contribution >= 0.6 is 11.6 Å². The molecule has 17 heavy (non-hydrogen) atoms. The molecule has 0 aliphatic carbocycles. The summed E-state index contributed by atoms with van der Waals surface area (Å²) in [6.45, 7) is 1.35. The zero-order chi connectivity index (χ0) is 13.2. The Balaban J connectivity index is 3.18. The first-order valence-electron chi connectivity index (χ1n) is 4.67. The van der Waals surface area contributed by atoms with Crippen LogP contribution in [0, 0.1) is 0 Å². The smallest absolute Gasteiger partial charge is 0.337 e. The molecule has 5 nitrogen and oxygen atoms in total. The molecule has 0 aromatic heterocycles. The number of aliphatic hydroxyl groups is 1. The number of rotatable bonds is 4. The standard InChI is InChI=1S/C10H11ClO5S/c1-6(12)5-17(15,16)7-2-3-8(10(13)14)9(11)4-7/h2-4,6,12H,5H2,1H3,(H,13,14)/t6-/m1/s1. The van der Waals surface area contributed by atoms with Gasteiger partial charge in [0.15, 0.2) is 9.84 Å². The number of benzene rings is 1. The third-order valence-electron chi connectivity index (χ3n) is 1.99. The molecule has 0 aliphatic heterocycles. The molecule has 1 rings (SSSR count). The minimum absolute atomic E-state index is 0.103. The Hall–Kier alpha value is -1.11. The molecule has 0 saturated heterocycles. The van der Waals surface area contributed by atoms with Crippen molar-refractivity contribution in [2.45, 2.75) is 17.9 Å². The highest BCUT2D eigenvalue weighted by Gasteiger charge is 2.19. The lowest BCUT2D eigenvalue weighted by Crippen LogP contribution is -2.17. The summed E-state index contributed by atoms with van der Waals surface area (Å²) in [7, 11) is -3.65. The third kappa shape index (κ3) is 3.42. The number of hydrogen-bond donors (Lipinski definition) is 2. The largest absolute Gasteiger partial charge is 0.478 e. The second-order valence-electron chi connectivity index (χ2n) is 3.58. The summed E-state index contributed by atoms with van der Waals surface area (Å²) in [6.07, 6.45) is -1.00. The number of sulfone groups is 1. The van der Waals surface area contributed by atoms with Crippen molar-refractivity contribution >= 4 is 27.4 Å². The predicted molar refractivity (Wildman–Crippen MR) is 62.1 cm³/mol. The molecule has 0 bridgehead atoms. The van der Waals surface area contributed by atoms with E-state index >= 15 is 0 Å². The minimum atomic E-state index is -3.65. The minimum Gasteiger partial charge on any atom is -0.478 e. The molecule has 1 atom stereocenters. The zero-order valence-corrected chi connectivity index (χ0v) is 10.5. The zero-order valence-electron chi connectivity index (χ0n) is 8.92. The predicted octanol–water partition coefficient (Wildman–Crippen LogP) is 1.19. The number of carboxylic acid groups (broad SMARTS) is 1. The summed E-state index contributed by atoms with van der Waals surface area (Å²) in [5.41, 5.74) is -0.164. The molecule has 0 amide bonds. The van der Waals surface area contributed by atoms with Crippen LogP contribution in [0.3, 0.4) is 0 Å². The van der Waals surface area contributed by atoms with Gasteiger partial charge in [-0.2, -0.15) is 0 Å².